The molecule has 0 amide bonds. The zero-order valence-corrected chi connectivity index (χ0v) is 13.6. The molecule has 0 atom stereocenters. The van der Waals surface area contributed by atoms with Crippen LogP contribution in [0.3, 0.4) is 0 Å². The molecule has 3 nitrogen and oxygen atoms in total. The molecule has 0 unspecified atom stereocenters. The molecule has 0 fully saturated rings. The van der Waals surface area contributed by atoms with Crippen LogP contribution in [0.5, 0.6) is 0 Å². The van der Waals surface area contributed by atoms with Crippen molar-refractivity contribution in [3.05, 3.63) is 65.5 Å². The number of nitrogens with zero attached hydrogens (tertiary/aromatic N) is 2. The number of ketones is 1. The molecule has 0 aliphatic carbocycles. The van der Waals surface area contributed by atoms with Crippen LogP contribution in [-0.2, 0) is 0 Å². The van der Waals surface area contributed by atoms with Crippen LogP contribution in [-0.4, -0.2) is 29.8 Å². The lowest BCUT2D eigenvalue weighted by atomic mass is 10.1. The van der Waals surface area contributed by atoms with E-state index in [-0.39, 0.29) is 18.1 Å². The Hall–Kier alpha value is -2.14. The predicted octanol–water partition coefficient (Wildman–Crippen LogP) is 3.93. The van der Waals surface area contributed by atoms with Gasteiger partial charge in [0.05, 0.1) is 13.1 Å². The number of aliphatic imine (C=N–C) groups is 1. The average molecular weight is 328 g/mol. The molecule has 0 saturated carbocycles. The van der Waals surface area contributed by atoms with Crippen molar-refractivity contribution in [1.82, 2.24) is 0 Å². The Kier molecular flexibility index (Phi) is 4.76. The van der Waals surface area contributed by atoms with Crippen LogP contribution in [0.1, 0.15) is 15.9 Å². The van der Waals surface area contributed by atoms with E-state index in [4.69, 9.17) is 0 Å². The molecular weight excluding hydrogens is 311 g/mol. The highest BCUT2D eigenvalue weighted by Gasteiger charge is 2.21. The van der Waals surface area contributed by atoms with Crippen LogP contribution >= 0.6 is 11.8 Å². The number of benzene rings is 2. The first kappa shape index (κ1) is 15.7. The zero-order chi connectivity index (χ0) is 16.2. The molecule has 3 rings (SSSR count). The zero-order valence-electron chi connectivity index (χ0n) is 12.8. The number of Topliss-reactive ketones (excluding diaryl/α,β-unsaturated/α-hetero) is 1. The van der Waals surface area contributed by atoms with Crippen LogP contribution in [0.25, 0.3) is 0 Å². The van der Waals surface area contributed by atoms with Gasteiger partial charge in [-0.05, 0) is 48.9 Å². The summed E-state index contributed by atoms with van der Waals surface area (Å²) < 4.78 is 13.0. The first-order chi connectivity index (χ1) is 11.1. The molecule has 0 aromatic heterocycles. The van der Waals surface area contributed by atoms with Crippen molar-refractivity contribution in [2.24, 2.45) is 4.99 Å². The monoisotopic (exact) mass is 328 g/mol. The molecule has 2 aromatic carbocycles. The Bertz CT molecular complexity index is 743. The molecule has 1 aliphatic rings. The van der Waals surface area contributed by atoms with Crippen molar-refractivity contribution in [2.75, 3.05) is 23.7 Å². The van der Waals surface area contributed by atoms with E-state index in [0.29, 0.717) is 5.56 Å². The molecule has 2 aromatic rings. The molecule has 0 spiro atoms. The summed E-state index contributed by atoms with van der Waals surface area (Å²) in [5.41, 5.74) is 2.59. The van der Waals surface area contributed by atoms with E-state index in [1.165, 1.54) is 24.3 Å². The summed E-state index contributed by atoms with van der Waals surface area (Å²) in [5.74, 6) is 0.539. The van der Waals surface area contributed by atoms with Gasteiger partial charge in [-0.2, -0.15) is 0 Å². The number of halogens is 1. The molecule has 118 valence electrons. The Morgan fingerprint density at radius 3 is 2.70 bits per heavy atom. The van der Waals surface area contributed by atoms with Gasteiger partial charge in [0, 0.05) is 17.0 Å². The number of hydrogen-bond acceptors (Lipinski definition) is 4. The maximum atomic E-state index is 13.0. The second-order valence-corrected chi connectivity index (χ2v) is 6.43. The quantitative estimate of drug-likeness (QED) is 0.797. The Labute approximate surface area is 139 Å². The van der Waals surface area contributed by atoms with E-state index in [1.807, 2.05) is 36.1 Å². The van der Waals surface area contributed by atoms with Crippen LogP contribution in [0.2, 0.25) is 0 Å². The SMILES string of the molecule is Cc1cccc(N(CC(=O)c2ccc(F)cc2)C2=NCCS2)c1. The molecule has 1 heterocycles. The smallest absolute Gasteiger partial charge is 0.182 e. The first-order valence-corrected chi connectivity index (χ1v) is 8.42. The summed E-state index contributed by atoms with van der Waals surface area (Å²) in [6.45, 7) is 2.99. The maximum Gasteiger partial charge on any atom is 0.182 e. The van der Waals surface area contributed by atoms with Gasteiger partial charge in [0.2, 0.25) is 0 Å². The summed E-state index contributed by atoms with van der Waals surface area (Å²) in [6, 6.07) is 13.7. The number of carbonyl (C=O) groups is 1. The van der Waals surface area contributed by atoms with Gasteiger partial charge in [-0.15, -0.1) is 0 Å². The fourth-order valence-electron chi connectivity index (χ4n) is 2.42. The molecule has 1 aliphatic heterocycles. The lowest BCUT2D eigenvalue weighted by Crippen LogP contribution is -2.33. The second-order valence-electron chi connectivity index (χ2n) is 5.37. The number of thioether (sulfide) groups is 1. The van der Waals surface area contributed by atoms with Crippen molar-refractivity contribution < 1.29 is 9.18 Å². The number of carbonyl (C=O) groups excluding carboxylic acids is 1. The third-order valence-corrected chi connectivity index (χ3v) is 4.58. The van der Waals surface area contributed by atoms with Gasteiger partial charge >= 0.3 is 0 Å². The topological polar surface area (TPSA) is 32.7 Å². The van der Waals surface area contributed by atoms with Gasteiger partial charge < -0.3 is 4.90 Å². The Morgan fingerprint density at radius 1 is 1.26 bits per heavy atom. The van der Waals surface area contributed by atoms with Crippen molar-refractivity contribution in [3.8, 4) is 0 Å². The molecule has 0 bridgehead atoms. The summed E-state index contributed by atoms with van der Waals surface area (Å²) in [5, 5.41) is 0.867. The third-order valence-electron chi connectivity index (χ3n) is 3.58. The van der Waals surface area contributed by atoms with Crippen LogP contribution < -0.4 is 4.90 Å². The number of aryl methyl sites for hydroxylation is 1. The van der Waals surface area contributed by atoms with Crippen molar-refractivity contribution in [3.63, 3.8) is 0 Å². The minimum Gasteiger partial charge on any atom is -0.313 e. The number of amidine groups is 1. The van der Waals surface area contributed by atoms with E-state index >= 15 is 0 Å². The minimum atomic E-state index is -0.340. The van der Waals surface area contributed by atoms with Crippen molar-refractivity contribution in [1.29, 1.82) is 0 Å². The summed E-state index contributed by atoms with van der Waals surface area (Å²) >= 11 is 1.65. The Morgan fingerprint density at radius 2 is 2.04 bits per heavy atom. The molecular formula is C18H17FN2OS. The van der Waals surface area contributed by atoms with Crippen molar-refractivity contribution >= 4 is 28.4 Å². The Balaban J connectivity index is 1.87. The molecule has 23 heavy (non-hydrogen) atoms. The lowest BCUT2D eigenvalue weighted by Gasteiger charge is -2.23. The average Bonchev–Trinajstić information content (AvgIpc) is 3.07. The maximum absolute atomic E-state index is 13.0. The number of hydrogen-bond donors (Lipinski definition) is 0. The predicted molar refractivity (Wildman–Crippen MR) is 94.0 cm³/mol. The normalized spacial score (nSPS) is 13.7. The van der Waals surface area contributed by atoms with Crippen LogP contribution in [0, 0.1) is 12.7 Å². The van der Waals surface area contributed by atoms with Crippen LogP contribution in [0.4, 0.5) is 10.1 Å². The molecule has 0 saturated heterocycles. The van der Waals surface area contributed by atoms with E-state index < -0.39 is 0 Å². The van der Waals surface area contributed by atoms with Crippen molar-refractivity contribution in [2.45, 2.75) is 6.92 Å². The number of rotatable bonds is 4. The van der Waals surface area contributed by atoms with E-state index in [1.54, 1.807) is 11.8 Å². The minimum absolute atomic E-state index is 0.0540. The third kappa shape index (κ3) is 3.79. The van der Waals surface area contributed by atoms with Gasteiger partial charge in [-0.3, -0.25) is 9.79 Å². The molecule has 5 heteroatoms. The van der Waals surface area contributed by atoms with E-state index in [2.05, 4.69) is 4.99 Å². The summed E-state index contributed by atoms with van der Waals surface area (Å²) in [4.78, 5) is 19.0. The highest BCUT2D eigenvalue weighted by Crippen LogP contribution is 2.24. The standard InChI is InChI=1S/C18H17FN2OS/c1-13-3-2-4-16(11-13)21(18-20-9-10-23-18)12-17(22)14-5-7-15(19)8-6-14/h2-8,11H,9-10,12H2,1H3. The lowest BCUT2D eigenvalue weighted by molar-refractivity contribution is 0.100. The fraction of sp³-hybridized carbons (Fsp3) is 0.222. The largest absolute Gasteiger partial charge is 0.313 e. The summed E-state index contributed by atoms with van der Waals surface area (Å²) in [7, 11) is 0. The van der Waals surface area contributed by atoms with Crippen LogP contribution in [0.15, 0.2) is 53.5 Å². The van der Waals surface area contributed by atoms with E-state index in [9.17, 15) is 9.18 Å². The van der Waals surface area contributed by atoms with Gasteiger partial charge in [0.1, 0.15) is 5.82 Å². The molecule has 0 N–H and O–H groups in total. The molecule has 0 radical (unpaired) electrons. The van der Waals surface area contributed by atoms with Gasteiger partial charge in [-0.25, -0.2) is 4.39 Å². The first-order valence-electron chi connectivity index (χ1n) is 7.44. The van der Waals surface area contributed by atoms with Gasteiger partial charge in [0.25, 0.3) is 0 Å². The van der Waals surface area contributed by atoms with Gasteiger partial charge in [-0.1, -0.05) is 23.9 Å². The highest BCUT2D eigenvalue weighted by molar-refractivity contribution is 8.14. The van der Waals surface area contributed by atoms with E-state index in [0.717, 1.165) is 28.7 Å². The van der Waals surface area contributed by atoms with Gasteiger partial charge in [0.15, 0.2) is 11.0 Å². The second kappa shape index (κ2) is 6.96. The summed E-state index contributed by atoms with van der Waals surface area (Å²) in [6.07, 6.45) is 0. The number of anilines is 1. The fourth-order valence-corrected chi connectivity index (χ4v) is 3.30. The highest BCUT2D eigenvalue weighted by atomic mass is 32.2.